The van der Waals surface area contributed by atoms with Crippen LogP contribution in [0.2, 0.25) is 0 Å². The van der Waals surface area contributed by atoms with Gasteiger partial charge < -0.3 is 9.47 Å². The molecule has 1 rings (SSSR count). The van der Waals surface area contributed by atoms with Crippen LogP contribution in [0, 0.1) is 11.8 Å². The molecule has 0 aliphatic carbocycles. The van der Waals surface area contributed by atoms with Crippen molar-refractivity contribution >= 4 is 0 Å². The van der Waals surface area contributed by atoms with Crippen LogP contribution in [0.25, 0.3) is 0 Å². The molecular weight excluding hydrogens is 178 g/mol. The largest absolute Gasteiger partial charge is 0.373 e. The summed E-state index contributed by atoms with van der Waals surface area (Å²) in [6.07, 6.45) is 0.644. The Hall–Kier alpha value is -0.560. The van der Waals surface area contributed by atoms with Crippen molar-refractivity contribution in [3.05, 3.63) is 0 Å². The number of rotatable bonds is 2. The van der Waals surface area contributed by atoms with Gasteiger partial charge >= 0.3 is 0 Å². The molecule has 0 aromatic rings. The van der Waals surface area contributed by atoms with Gasteiger partial charge in [-0.05, 0) is 13.8 Å². The third kappa shape index (κ3) is 4.10. The predicted molar refractivity (Wildman–Crippen MR) is 56.1 cm³/mol. The average molecular weight is 197 g/mol. The number of methoxy groups -OCH3 is 1. The van der Waals surface area contributed by atoms with Crippen molar-refractivity contribution in [3.8, 4) is 11.8 Å². The van der Waals surface area contributed by atoms with Gasteiger partial charge in [-0.25, -0.2) is 0 Å². The molecule has 0 amide bonds. The molecule has 80 valence electrons. The van der Waals surface area contributed by atoms with Crippen molar-refractivity contribution in [2.75, 3.05) is 33.4 Å². The Morgan fingerprint density at radius 3 is 2.50 bits per heavy atom. The van der Waals surface area contributed by atoms with Gasteiger partial charge in [-0.2, -0.15) is 0 Å². The highest BCUT2D eigenvalue weighted by Gasteiger charge is 2.20. The lowest BCUT2D eigenvalue weighted by molar-refractivity contribution is -0.0640. The van der Waals surface area contributed by atoms with Crippen LogP contribution < -0.4 is 0 Å². The quantitative estimate of drug-likeness (QED) is 0.610. The molecule has 0 aromatic heterocycles. The van der Waals surface area contributed by atoms with E-state index in [0.717, 1.165) is 19.6 Å². The molecular formula is C11H19NO2. The summed E-state index contributed by atoms with van der Waals surface area (Å²) in [5, 5.41) is 0. The van der Waals surface area contributed by atoms with Gasteiger partial charge in [-0.3, -0.25) is 4.90 Å². The third-order valence-corrected chi connectivity index (χ3v) is 2.14. The molecule has 0 saturated carbocycles. The van der Waals surface area contributed by atoms with Gasteiger partial charge in [0.2, 0.25) is 0 Å². The Kier molecular flexibility index (Phi) is 4.95. The standard InChI is InChI=1S/C11H19NO2/c1-10-8-12(9-11(2)14-10)6-4-5-7-13-3/h10-11H,6-9H2,1-3H3/t10-,11-/m0/s1. The van der Waals surface area contributed by atoms with Crippen LogP contribution in [-0.4, -0.2) is 50.5 Å². The number of hydrogen-bond acceptors (Lipinski definition) is 3. The zero-order valence-corrected chi connectivity index (χ0v) is 9.25. The molecule has 1 aliphatic heterocycles. The maximum Gasteiger partial charge on any atom is 0.107 e. The Balaban J connectivity index is 2.27. The summed E-state index contributed by atoms with van der Waals surface area (Å²) in [4.78, 5) is 2.32. The molecule has 1 heterocycles. The SMILES string of the molecule is COCC#CCN1C[C@H](C)O[C@@H](C)C1. The molecule has 0 aromatic carbocycles. The molecule has 0 radical (unpaired) electrons. The fourth-order valence-electron chi connectivity index (χ4n) is 1.70. The van der Waals surface area contributed by atoms with E-state index < -0.39 is 0 Å². The third-order valence-electron chi connectivity index (χ3n) is 2.14. The Morgan fingerprint density at radius 1 is 1.29 bits per heavy atom. The van der Waals surface area contributed by atoms with E-state index in [9.17, 15) is 0 Å². The van der Waals surface area contributed by atoms with Crippen LogP contribution in [0.15, 0.2) is 0 Å². The maximum atomic E-state index is 5.63. The van der Waals surface area contributed by atoms with Crippen molar-refractivity contribution in [2.24, 2.45) is 0 Å². The monoisotopic (exact) mass is 197 g/mol. The minimum Gasteiger partial charge on any atom is -0.373 e. The number of ether oxygens (including phenoxy) is 2. The number of hydrogen-bond donors (Lipinski definition) is 0. The second-order valence-corrected chi connectivity index (χ2v) is 3.74. The second kappa shape index (κ2) is 6.02. The summed E-state index contributed by atoms with van der Waals surface area (Å²) in [6, 6.07) is 0. The van der Waals surface area contributed by atoms with Gasteiger partial charge in [0.1, 0.15) is 6.61 Å². The number of morpholine rings is 1. The summed E-state index contributed by atoms with van der Waals surface area (Å²) < 4.78 is 10.5. The molecule has 0 unspecified atom stereocenters. The van der Waals surface area contributed by atoms with Gasteiger partial charge in [-0.1, -0.05) is 11.8 Å². The van der Waals surface area contributed by atoms with Crippen molar-refractivity contribution in [1.82, 2.24) is 4.90 Å². The van der Waals surface area contributed by atoms with Crippen LogP contribution in [-0.2, 0) is 9.47 Å². The van der Waals surface area contributed by atoms with Crippen molar-refractivity contribution in [2.45, 2.75) is 26.1 Å². The minimum absolute atomic E-state index is 0.322. The highest BCUT2D eigenvalue weighted by molar-refractivity contribution is 5.02. The Morgan fingerprint density at radius 2 is 1.93 bits per heavy atom. The summed E-state index contributed by atoms with van der Waals surface area (Å²) in [6.45, 7) is 7.51. The van der Waals surface area contributed by atoms with Gasteiger partial charge in [0.05, 0.1) is 18.8 Å². The molecule has 1 saturated heterocycles. The zero-order chi connectivity index (χ0) is 10.4. The fourth-order valence-corrected chi connectivity index (χ4v) is 1.70. The van der Waals surface area contributed by atoms with Crippen molar-refractivity contribution < 1.29 is 9.47 Å². The van der Waals surface area contributed by atoms with Gasteiger partial charge in [-0.15, -0.1) is 0 Å². The summed E-state index contributed by atoms with van der Waals surface area (Å²) in [5.41, 5.74) is 0. The lowest BCUT2D eigenvalue weighted by Crippen LogP contribution is -2.45. The maximum absolute atomic E-state index is 5.63. The van der Waals surface area contributed by atoms with E-state index >= 15 is 0 Å². The lowest BCUT2D eigenvalue weighted by Gasteiger charge is -2.34. The van der Waals surface area contributed by atoms with E-state index in [4.69, 9.17) is 9.47 Å². The average Bonchev–Trinajstić information content (AvgIpc) is 2.11. The topological polar surface area (TPSA) is 21.7 Å². The second-order valence-electron chi connectivity index (χ2n) is 3.74. The van der Waals surface area contributed by atoms with Crippen LogP contribution in [0.5, 0.6) is 0 Å². The van der Waals surface area contributed by atoms with Gasteiger partial charge in [0, 0.05) is 20.2 Å². The van der Waals surface area contributed by atoms with Crippen LogP contribution in [0.4, 0.5) is 0 Å². The van der Waals surface area contributed by atoms with Crippen molar-refractivity contribution in [3.63, 3.8) is 0 Å². The van der Waals surface area contributed by atoms with E-state index in [-0.39, 0.29) is 0 Å². The smallest absolute Gasteiger partial charge is 0.107 e. The molecule has 3 heteroatoms. The molecule has 0 bridgehead atoms. The highest BCUT2D eigenvalue weighted by Crippen LogP contribution is 2.09. The molecule has 0 N–H and O–H groups in total. The first-order valence-electron chi connectivity index (χ1n) is 5.05. The molecule has 14 heavy (non-hydrogen) atoms. The summed E-state index contributed by atoms with van der Waals surface area (Å²) in [7, 11) is 1.66. The molecule has 0 spiro atoms. The first kappa shape index (κ1) is 11.5. The lowest BCUT2D eigenvalue weighted by atomic mass is 10.2. The summed E-state index contributed by atoms with van der Waals surface area (Å²) >= 11 is 0. The normalized spacial score (nSPS) is 28.2. The molecule has 2 atom stereocenters. The number of nitrogens with zero attached hydrogens (tertiary/aromatic N) is 1. The van der Waals surface area contributed by atoms with E-state index in [1.165, 1.54) is 0 Å². The van der Waals surface area contributed by atoms with Crippen LogP contribution in [0.1, 0.15) is 13.8 Å². The van der Waals surface area contributed by atoms with E-state index in [0.29, 0.717) is 18.8 Å². The molecule has 1 aliphatic rings. The van der Waals surface area contributed by atoms with E-state index in [1.54, 1.807) is 7.11 Å². The van der Waals surface area contributed by atoms with Gasteiger partial charge in [0.25, 0.3) is 0 Å². The van der Waals surface area contributed by atoms with Crippen LogP contribution >= 0.6 is 0 Å². The first-order valence-corrected chi connectivity index (χ1v) is 5.05. The van der Waals surface area contributed by atoms with Gasteiger partial charge in [0.15, 0.2) is 0 Å². The minimum atomic E-state index is 0.322. The zero-order valence-electron chi connectivity index (χ0n) is 9.25. The Bertz CT molecular complexity index is 209. The van der Waals surface area contributed by atoms with E-state index in [1.807, 2.05) is 0 Å². The Labute approximate surface area is 86.4 Å². The predicted octanol–water partition coefficient (Wildman–Crippen LogP) is 0.745. The van der Waals surface area contributed by atoms with Crippen molar-refractivity contribution in [1.29, 1.82) is 0 Å². The molecule has 1 fully saturated rings. The van der Waals surface area contributed by atoms with Crippen LogP contribution in [0.3, 0.4) is 0 Å². The molecule has 3 nitrogen and oxygen atoms in total. The van der Waals surface area contributed by atoms with E-state index in [2.05, 4.69) is 30.6 Å². The highest BCUT2D eigenvalue weighted by atomic mass is 16.5. The first-order chi connectivity index (χ1) is 6.72. The fraction of sp³-hybridized carbons (Fsp3) is 0.818. The summed E-state index contributed by atoms with van der Waals surface area (Å²) in [5.74, 6) is 6.05.